The third-order valence-electron chi connectivity index (χ3n) is 3.76. The second-order valence-corrected chi connectivity index (χ2v) is 5.84. The monoisotopic (exact) mass is 213 g/mol. The Labute approximate surface area is 94.8 Å². The van der Waals surface area contributed by atoms with Gasteiger partial charge in [-0.05, 0) is 43.1 Å². The first kappa shape index (κ1) is 13.0. The van der Waals surface area contributed by atoms with Crippen molar-refractivity contribution in [3.8, 4) is 0 Å². The zero-order chi connectivity index (χ0) is 11.3. The summed E-state index contributed by atoms with van der Waals surface area (Å²) in [5.74, 6) is 1.73. The number of nitrogens with one attached hydrogen (secondary N) is 1. The van der Waals surface area contributed by atoms with Crippen molar-refractivity contribution >= 4 is 0 Å². The Hall–Kier alpha value is -0.0800. The van der Waals surface area contributed by atoms with Gasteiger partial charge in [0.25, 0.3) is 0 Å². The van der Waals surface area contributed by atoms with E-state index in [1.165, 1.54) is 25.8 Å². The van der Waals surface area contributed by atoms with Gasteiger partial charge < -0.3 is 10.1 Å². The topological polar surface area (TPSA) is 21.3 Å². The van der Waals surface area contributed by atoms with Gasteiger partial charge in [0.05, 0.1) is 6.61 Å². The van der Waals surface area contributed by atoms with Crippen LogP contribution in [0.3, 0.4) is 0 Å². The summed E-state index contributed by atoms with van der Waals surface area (Å²) in [4.78, 5) is 0. The first-order valence-corrected chi connectivity index (χ1v) is 6.25. The van der Waals surface area contributed by atoms with Crippen LogP contribution in [0.2, 0.25) is 0 Å². The average Bonchev–Trinajstić information content (AvgIpc) is 2.14. The van der Waals surface area contributed by atoms with Crippen LogP contribution in [0.5, 0.6) is 0 Å². The smallest absolute Gasteiger partial charge is 0.0587 e. The maximum Gasteiger partial charge on any atom is 0.0587 e. The van der Waals surface area contributed by atoms with E-state index in [2.05, 4.69) is 26.1 Å². The lowest BCUT2D eigenvalue weighted by Crippen LogP contribution is -2.35. The number of hydrogen-bond donors (Lipinski definition) is 1. The molecule has 1 saturated carbocycles. The van der Waals surface area contributed by atoms with E-state index in [1.54, 1.807) is 7.11 Å². The lowest BCUT2D eigenvalue weighted by Gasteiger charge is -2.39. The van der Waals surface area contributed by atoms with Crippen LogP contribution in [-0.4, -0.2) is 26.8 Å². The van der Waals surface area contributed by atoms with Crippen LogP contribution in [0.15, 0.2) is 0 Å². The van der Waals surface area contributed by atoms with Gasteiger partial charge in [-0.15, -0.1) is 0 Å². The van der Waals surface area contributed by atoms with E-state index in [9.17, 15) is 0 Å². The Morgan fingerprint density at radius 1 is 1.40 bits per heavy atom. The summed E-state index contributed by atoms with van der Waals surface area (Å²) in [6.07, 6.45) is 4.14. The molecule has 0 heterocycles. The van der Waals surface area contributed by atoms with Crippen LogP contribution in [0.4, 0.5) is 0 Å². The van der Waals surface area contributed by atoms with Crippen molar-refractivity contribution in [2.75, 3.05) is 26.8 Å². The molecule has 2 nitrogen and oxygen atoms in total. The molecule has 1 N–H and O–H groups in total. The molecule has 0 aromatic carbocycles. The van der Waals surface area contributed by atoms with Crippen LogP contribution in [0, 0.1) is 17.3 Å². The van der Waals surface area contributed by atoms with E-state index in [-0.39, 0.29) is 0 Å². The highest BCUT2D eigenvalue weighted by Crippen LogP contribution is 2.41. The van der Waals surface area contributed by atoms with Crippen molar-refractivity contribution in [2.45, 2.75) is 40.0 Å². The van der Waals surface area contributed by atoms with Crippen LogP contribution in [0.1, 0.15) is 40.0 Å². The zero-order valence-corrected chi connectivity index (χ0v) is 10.8. The van der Waals surface area contributed by atoms with E-state index in [0.717, 1.165) is 25.0 Å². The van der Waals surface area contributed by atoms with Crippen LogP contribution >= 0.6 is 0 Å². The molecule has 1 fully saturated rings. The predicted molar refractivity (Wildman–Crippen MR) is 65.0 cm³/mol. The van der Waals surface area contributed by atoms with Crippen molar-refractivity contribution in [2.24, 2.45) is 17.3 Å². The van der Waals surface area contributed by atoms with Crippen molar-refractivity contribution < 1.29 is 4.74 Å². The van der Waals surface area contributed by atoms with Crippen LogP contribution < -0.4 is 5.32 Å². The van der Waals surface area contributed by atoms with Gasteiger partial charge in [0.2, 0.25) is 0 Å². The largest absolute Gasteiger partial charge is 0.383 e. The summed E-state index contributed by atoms with van der Waals surface area (Å²) in [6.45, 7) is 10.2. The van der Waals surface area contributed by atoms with E-state index in [4.69, 9.17) is 4.74 Å². The van der Waals surface area contributed by atoms with Gasteiger partial charge in [0.15, 0.2) is 0 Å². The number of ether oxygens (including phenoxy) is 1. The Kier molecular flexibility index (Phi) is 5.07. The van der Waals surface area contributed by atoms with E-state index in [1.807, 2.05) is 0 Å². The highest BCUT2D eigenvalue weighted by atomic mass is 16.5. The van der Waals surface area contributed by atoms with E-state index >= 15 is 0 Å². The first-order valence-electron chi connectivity index (χ1n) is 6.25. The normalized spacial score (nSPS) is 30.4. The molecule has 0 saturated heterocycles. The summed E-state index contributed by atoms with van der Waals surface area (Å²) in [5, 5.41) is 3.49. The molecular formula is C13H27NO. The minimum Gasteiger partial charge on any atom is -0.383 e. The summed E-state index contributed by atoms with van der Waals surface area (Å²) in [6, 6.07) is 0. The molecule has 0 spiro atoms. The molecule has 15 heavy (non-hydrogen) atoms. The fraction of sp³-hybridized carbons (Fsp3) is 1.00. The number of rotatable bonds is 5. The second kappa shape index (κ2) is 5.86. The minimum absolute atomic E-state index is 0.572. The molecule has 0 aromatic rings. The molecule has 1 aliphatic rings. The molecule has 1 aliphatic carbocycles. The molecule has 2 atom stereocenters. The SMILES string of the molecule is COCCNCC1CCC(C)(C)CC1C. The molecule has 0 aliphatic heterocycles. The van der Waals surface area contributed by atoms with Crippen molar-refractivity contribution in [3.05, 3.63) is 0 Å². The Balaban J connectivity index is 2.20. The molecule has 0 radical (unpaired) electrons. The predicted octanol–water partition coefficient (Wildman–Crippen LogP) is 2.68. The molecule has 90 valence electrons. The van der Waals surface area contributed by atoms with E-state index < -0.39 is 0 Å². The van der Waals surface area contributed by atoms with Crippen molar-refractivity contribution in [1.29, 1.82) is 0 Å². The van der Waals surface area contributed by atoms with Crippen molar-refractivity contribution in [3.63, 3.8) is 0 Å². The summed E-state index contributed by atoms with van der Waals surface area (Å²) in [7, 11) is 1.76. The third-order valence-corrected chi connectivity index (χ3v) is 3.76. The summed E-state index contributed by atoms with van der Waals surface area (Å²) < 4.78 is 5.03. The molecule has 0 aromatic heterocycles. The van der Waals surface area contributed by atoms with Gasteiger partial charge in [-0.3, -0.25) is 0 Å². The molecule has 0 bridgehead atoms. The van der Waals surface area contributed by atoms with Gasteiger partial charge in [-0.1, -0.05) is 20.8 Å². The molecule has 0 amide bonds. The summed E-state index contributed by atoms with van der Waals surface area (Å²) in [5.41, 5.74) is 0.572. The van der Waals surface area contributed by atoms with Crippen LogP contribution in [0.25, 0.3) is 0 Å². The van der Waals surface area contributed by atoms with Gasteiger partial charge in [0.1, 0.15) is 0 Å². The zero-order valence-electron chi connectivity index (χ0n) is 10.8. The second-order valence-electron chi connectivity index (χ2n) is 5.84. The Morgan fingerprint density at radius 3 is 2.73 bits per heavy atom. The number of methoxy groups -OCH3 is 1. The van der Waals surface area contributed by atoms with E-state index in [0.29, 0.717) is 5.41 Å². The molecule has 1 rings (SSSR count). The number of hydrogen-bond acceptors (Lipinski definition) is 2. The Morgan fingerprint density at radius 2 is 2.13 bits per heavy atom. The Bertz CT molecular complexity index is 179. The maximum absolute atomic E-state index is 5.03. The van der Waals surface area contributed by atoms with Gasteiger partial charge in [-0.25, -0.2) is 0 Å². The van der Waals surface area contributed by atoms with Gasteiger partial charge in [0, 0.05) is 13.7 Å². The van der Waals surface area contributed by atoms with Gasteiger partial charge >= 0.3 is 0 Å². The lowest BCUT2D eigenvalue weighted by molar-refractivity contribution is 0.124. The summed E-state index contributed by atoms with van der Waals surface area (Å²) >= 11 is 0. The highest BCUT2D eigenvalue weighted by Gasteiger charge is 2.31. The average molecular weight is 213 g/mol. The maximum atomic E-state index is 5.03. The minimum atomic E-state index is 0.572. The third kappa shape index (κ3) is 4.52. The fourth-order valence-electron chi connectivity index (χ4n) is 2.77. The first-order chi connectivity index (χ1) is 7.05. The molecule has 2 unspecified atom stereocenters. The lowest BCUT2D eigenvalue weighted by atomic mass is 9.68. The van der Waals surface area contributed by atoms with Crippen LogP contribution in [-0.2, 0) is 4.74 Å². The van der Waals surface area contributed by atoms with Gasteiger partial charge in [-0.2, -0.15) is 0 Å². The fourth-order valence-corrected chi connectivity index (χ4v) is 2.77. The van der Waals surface area contributed by atoms with Crippen molar-refractivity contribution in [1.82, 2.24) is 5.32 Å². The highest BCUT2D eigenvalue weighted by molar-refractivity contribution is 4.83. The molecular weight excluding hydrogens is 186 g/mol. The molecule has 2 heteroatoms. The quantitative estimate of drug-likeness (QED) is 0.709. The standard InChI is InChI=1S/C13H27NO/c1-11-9-13(2,3)6-5-12(11)10-14-7-8-15-4/h11-12,14H,5-10H2,1-4H3.